The zero-order valence-corrected chi connectivity index (χ0v) is 25.9. The maximum Gasteiger partial charge on any atom is 0.227 e. The van der Waals surface area contributed by atoms with Crippen molar-refractivity contribution >= 4 is 27.5 Å². The van der Waals surface area contributed by atoms with Gasteiger partial charge in [-0.25, -0.2) is 23.7 Å². The number of phenolic OH excluding ortho intramolecular Hbond substituents is 1. The SMILES string of the molecule is C#Cc1c(F)ccc2cc(O)cc(-c3nc4c5c6nc(nc5c3F)CC(C3CCCN3C)CCCCC3CN6C(CCO4)CO3)c12. The normalized spacial score (nSPS) is 25.1. The highest BCUT2D eigenvalue weighted by Crippen LogP contribution is 2.43. The van der Waals surface area contributed by atoms with Crippen LogP contribution in [-0.2, 0) is 11.2 Å². The van der Waals surface area contributed by atoms with Gasteiger partial charge in [0.25, 0.3) is 0 Å². The van der Waals surface area contributed by atoms with E-state index in [0.29, 0.717) is 72.4 Å². The highest BCUT2D eigenvalue weighted by Gasteiger charge is 2.37. The molecule has 2 aromatic carbocycles. The van der Waals surface area contributed by atoms with Crippen LogP contribution in [0.3, 0.4) is 0 Å². The molecule has 0 saturated carbocycles. The van der Waals surface area contributed by atoms with Gasteiger partial charge >= 0.3 is 0 Å². The van der Waals surface area contributed by atoms with Crippen LogP contribution in [0.2, 0.25) is 0 Å². The summed E-state index contributed by atoms with van der Waals surface area (Å²) in [6.45, 7) is 2.60. The lowest BCUT2D eigenvalue weighted by Crippen LogP contribution is -2.51. The molecule has 4 aliphatic rings. The quantitative estimate of drug-likeness (QED) is 0.272. The van der Waals surface area contributed by atoms with Gasteiger partial charge in [-0.15, -0.1) is 6.42 Å². The number of pyridine rings is 1. The average molecular weight is 626 g/mol. The number of morpholine rings is 1. The average Bonchev–Trinajstić information content (AvgIpc) is 3.47. The highest BCUT2D eigenvalue weighted by molar-refractivity contribution is 6.04. The number of aromatic hydroxyl groups is 1. The minimum atomic E-state index is -0.685. The number of hydrogen-bond acceptors (Lipinski definition) is 8. The zero-order chi connectivity index (χ0) is 31.5. The Morgan fingerprint density at radius 2 is 1.89 bits per heavy atom. The van der Waals surface area contributed by atoms with Crippen LogP contribution in [0.25, 0.3) is 32.9 Å². The monoisotopic (exact) mass is 625 g/mol. The molecule has 4 aliphatic heterocycles. The Hall–Kier alpha value is -4.07. The number of fused-ring (bicyclic) bond motifs is 3. The molecule has 4 atom stereocenters. The van der Waals surface area contributed by atoms with E-state index in [4.69, 9.17) is 30.8 Å². The van der Waals surface area contributed by atoms with Crippen LogP contribution in [0, 0.1) is 29.9 Å². The summed E-state index contributed by atoms with van der Waals surface area (Å²) in [5, 5.41) is 11.9. The summed E-state index contributed by atoms with van der Waals surface area (Å²) in [6, 6.07) is 6.05. The van der Waals surface area contributed by atoms with Crippen molar-refractivity contribution in [3.63, 3.8) is 0 Å². The molecule has 8 rings (SSSR count). The van der Waals surface area contributed by atoms with Crippen molar-refractivity contribution in [3.05, 3.63) is 47.3 Å². The summed E-state index contributed by atoms with van der Waals surface area (Å²) in [6.07, 6.45) is 13.6. The topological polar surface area (TPSA) is 83.8 Å². The second-order valence-electron chi connectivity index (χ2n) is 13.3. The van der Waals surface area contributed by atoms with Gasteiger partial charge in [0.1, 0.15) is 39.8 Å². The number of benzene rings is 2. The molecule has 0 amide bonds. The van der Waals surface area contributed by atoms with Gasteiger partial charge in [0.15, 0.2) is 5.82 Å². The maximum atomic E-state index is 17.2. The number of nitrogens with zero attached hydrogens (tertiary/aromatic N) is 5. The fraction of sp³-hybridized carbons (Fsp3) is 0.472. The van der Waals surface area contributed by atoms with Gasteiger partial charge in [0, 0.05) is 36.4 Å². The van der Waals surface area contributed by atoms with Gasteiger partial charge in [0.2, 0.25) is 5.88 Å². The smallest absolute Gasteiger partial charge is 0.227 e. The predicted molar refractivity (Wildman–Crippen MR) is 172 cm³/mol. The first-order valence-corrected chi connectivity index (χ1v) is 16.4. The molecule has 0 radical (unpaired) electrons. The van der Waals surface area contributed by atoms with E-state index in [2.05, 4.69) is 22.8 Å². The van der Waals surface area contributed by atoms with Gasteiger partial charge < -0.3 is 24.4 Å². The molecule has 4 aromatic rings. The van der Waals surface area contributed by atoms with Crippen LogP contribution in [0.5, 0.6) is 11.6 Å². The Bertz CT molecular complexity index is 1890. The van der Waals surface area contributed by atoms with Gasteiger partial charge in [-0.3, -0.25) is 0 Å². The first kappa shape index (κ1) is 29.3. The van der Waals surface area contributed by atoms with E-state index < -0.39 is 11.6 Å². The number of likely N-dealkylation sites (tertiary alicyclic amines) is 1. The third-order valence-corrected chi connectivity index (χ3v) is 10.5. The number of aromatic nitrogens is 3. The number of halogens is 2. The van der Waals surface area contributed by atoms with Crippen LogP contribution in [0.4, 0.5) is 14.6 Å². The number of rotatable bonds is 2. The summed E-state index contributed by atoms with van der Waals surface area (Å²) in [5.41, 5.74) is 0.150. The van der Waals surface area contributed by atoms with Crippen molar-refractivity contribution in [2.45, 2.75) is 69.6 Å². The predicted octanol–water partition coefficient (Wildman–Crippen LogP) is 5.99. The number of ether oxygens (including phenoxy) is 2. The van der Waals surface area contributed by atoms with E-state index in [0.717, 1.165) is 45.1 Å². The number of phenols is 1. The van der Waals surface area contributed by atoms with E-state index in [9.17, 15) is 9.50 Å². The number of anilines is 1. The molecule has 4 unspecified atom stereocenters. The first-order chi connectivity index (χ1) is 22.4. The van der Waals surface area contributed by atoms with Crippen molar-refractivity contribution in [2.75, 3.05) is 38.3 Å². The third-order valence-electron chi connectivity index (χ3n) is 10.5. The largest absolute Gasteiger partial charge is 0.508 e. The van der Waals surface area contributed by atoms with Crippen LogP contribution in [0.1, 0.15) is 56.3 Å². The third kappa shape index (κ3) is 4.92. The summed E-state index contributed by atoms with van der Waals surface area (Å²) < 4.78 is 44.7. The molecule has 10 heteroatoms. The van der Waals surface area contributed by atoms with Gasteiger partial charge in [-0.05, 0) is 68.8 Å². The molecule has 0 spiro atoms. The molecule has 8 nitrogen and oxygen atoms in total. The van der Waals surface area contributed by atoms with E-state index in [1.165, 1.54) is 24.3 Å². The lowest BCUT2D eigenvalue weighted by Gasteiger charge is -2.42. The summed E-state index contributed by atoms with van der Waals surface area (Å²) in [4.78, 5) is 19.5. The maximum absolute atomic E-state index is 17.2. The first-order valence-electron chi connectivity index (χ1n) is 16.4. The Kier molecular flexibility index (Phi) is 7.41. The Labute approximate surface area is 266 Å². The highest BCUT2D eigenvalue weighted by atomic mass is 19.1. The molecule has 6 heterocycles. The van der Waals surface area contributed by atoms with Crippen molar-refractivity contribution in [1.82, 2.24) is 19.9 Å². The zero-order valence-electron chi connectivity index (χ0n) is 25.9. The summed E-state index contributed by atoms with van der Waals surface area (Å²) in [5.74, 6) is 2.76. The number of terminal acetylenes is 1. The lowest BCUT2D eigenvalue weighted by molar-refractivity contribution is 0.00811. The summed E-state index contributed by atoms with van der Waals surface area (Å²) in [7, 11) is 2.19. The minimum absolute atomic E-state index is 0.0222. The number of hydrogen-bond donors (Lipinski definition) is 1. The van der Waals surface area contributed by atoms with Crippen molar-refractivity contribution in [1.29, 1.82) is 0 Å². The molecule has 4 bridgehead atoms. The molecular weight excluding hydrogens is 588 g/mol. The molecule has 2 saturated heterocycles. The van der Waals surface area contributed by atoms with Crippen LogP contribution < -0.4 is 9.64 Å². The standard InChI is InChI=1S/C36H37F2N5O3/c1-3-25-27(37)11-10-21-15-23(44)17-26(30(21)25)33-32(38)34-31-35-40-29(39-34)16-20(28-9-6-13-42(28)2)7-4-5-8-24-18-43(35)22(19-46-24)12-14-45-36(31)41-33/h1,10-11,15,17,20,22,24,28,44H,4-9,12-14,16,18-19H2,2H3. The minimum Gasteiger partial charge on any atom is -0.508 e. The lowest BCUT2D eigenvalue weighted by atomic mass is 9.88. The second kappa shape index (κ2) is 11.6. The van der Waals surface area contributed by atoms with Gasteiger partial charge in [-0.2, -0.15) is 0 Å². The Morgan fingerprint density at radius 3 is 2.72 bits per heavy atom. The van der Waals surface area contributed by atoms with Crippen LogP contribution in [-0.4, -0.2) is 76.5 Å². The van der Waals surface area contributed by atoms with E-state index in [1.54, 1.807) is 0 Å². The Morgan fingerprint density at radius 1 is 1.02 bits per heavy atom. The van der Waals surface area contributed by atoms with Crippen molar-refractivity contribution < 1.29 is 23.4 Å². The Balaban J connectivity index is 1.39. The molecule has 1 N–H and O–H groups in total. The molecule has 2 aromatic heterocycles. The molecule has 238 valence electrons. The second-order valence-corrected chi connectivity index (χ2v) is 13.3. The molecule has 0 aliphatic carbocycles. The fourth-order valence-electron chi connectivity index (χ4n) is 8.20. The van der Waals surface area contributed by atoms with Gasteiger partial charge in [-0.1, -0.05) is 24.8 Å². The molecule has 2 fully saturated rings. The molecule has 46 heavy (non-hydrogen) atoms. The molecular formula is C36H37F2N5O3. The fourth-order valence-corrected chi connectivity index (χ4v) is 8.20. The van der Waals surface area contributed by atoms with Crippen molar-refractivity contribution in [3.8, 4) is 35.2 Å². The van der Waals surface area contributed by atoms with Crippen LogP contribution >= 0.6 is 0 Å². The summed E-state index contributed by atoms with van der Waals surface area (Å²) >= 11 is 0. The van der Waals surface area contributed by atoms with E-state index >= 15 is 4.39 Å². The van der Waals surface area contributed by atoms with Crippen LogP contribution in [0.15, 0.2) is 24.3 Å². The van der Waals surface area contributed by atoms with E-state index in [1.807, 2.05) is 0 Å². The van der Waals surface area contributed by atoms with E-state index in [-0.39, 0.29) is 46.1 Å². The van der Waals surface area contributed by atoms with Gasteiger partial charge in [0.05, 0.1) is 30.9 Å². The van der Waals surface area contributed by atoms with Crippen molar-refractivity contribution in [2.24, 2.45) is 5.92 Å².